The quantitative estimate of drug-likeness (QED) is 0.280. The Kier molecular flexibility index (Phi) is 6.54. The van der Waals surface area contributed by atoms with Crippen molar-refractivity contribution in [3.05, 3.63) is 41.2 Å². The van der Waals surface area contributed by atoms with E-state index >= 15 is 0 Å². The molecule has 1 amide bonds. The molecule has 1 aromatic carbocycles. The molecular weight excluding hydrogens is 510 g/mol. The highest BCUT2D eigenvalue weighted by Gasteiger charge is 2.69. The maximum absolute atomic E-state index is 13.9. The third kappa shape index (κ3) is 3.86. The zero-order valence-electron chi connectivity index (χ0n) is 21.6. The number of fused-ring (bicyclic) bond motifs is 3. The summed E-state index contributed by atoms with van der Waals surface area (Å²) in [6.45, 7) is 0.287. The second-order valence-electron chi connectivity index (χ2n) is 10.6. The number of nitrogens with zero attached hydrogens (tertiary/aromatic N) is 1. The second-order valence-corrected chi connectivity index (χ2v) is 10.6. The molecule has 12 nitrogen and oxygen atoms in total. The number of nitrogens with two attached hydrogens (primary N) is 1. The molecule has 3 aliphatic carbocycles. The molecule has 5 rings (SSSR count). The first-order chi connectivity index (χ1) is 18.4. The minimum Gasteiger partial charge on any atom is -0.507 e. The van der Waals surface area contributed by atoms with Crippen LogP contribution in [0, 0.1) is 23.7 Å². The summed E-state index contributed by atoms with van der Waals surface area (Å²) in [7, 11) is 4.55. The van der Waals surface area contributed by atoms with E-state index in [9.17, 15) is 34.2 Å². The van der Waals surface area contributed by atoms with Crippen LogP contribution in [-0.2, 0) is 37.0 Å². The van der Waals surface area contributed by atoms with Gasteiger partial charge in [0.25, 0.3) is 0 Å². The minimum absolute atomic E-state index is 0.0276. The molecule has 39 heavy (non-hydrogen) atoms. The Morgan fingerprint density at radius 3 is 2.54 bits per heavy atom. The third-order valence-corrected chi connectivity index (χ3v) is 8.26. The smallest absolute Gasteiger partial charge is 0.235 e. The van der Waals surface area contributed by atoms with E-state index < -0.39 is 64.4 Å². The Morgan fingerprint density at radius 2 is 1.90 bits per heavy atom. The molecule has 0 saturated heterocycles. The van der Waals surface area contributed by atoms with Gasteiger partial charge in [-0.25, -0.2) is 0 Å². The summed E-state index contributed by atoms with van der Waals surface area (Å²) in [5.74, 6) is -9.86. The Bertz CT molecular complexity index is 1410. The fourth-order valence-corrected chi connectivity index (χ4v) is 6.60. The summed E-state index contributed by atoms with van der Waals surface area (Å²) < 4.78 is 5.90. The van der Waals surface area contributed by atoms with Crippen molar-refractivity contribution < 1.29 is 43.4 Å². The van der Waals surface area contributed by atoms with Crippen molar-refractivity contribution in [2.75, 3.05) is 21.2 Å². The van der Waals surface area contributed by atoms with E-state index in [1.54, 1.807) is 18.2 Å². The van der Waals surface area contributed by atoms with Crippen LogP contribution in [-0.4, -0.2) is 77.0 Å². The first-order valence-corrected chi connectivity index (χ1v) is 12.5. The van der Waals surface area contributed by atoms with Gasteiger partial charge in [-0.3, -0.25) is 28.9 Å². The predicted octanol–water partition coefficient (Wildman–Crippen LogP) is -0.222. The number of hydroxylamine groups is 1. The van der Waals surface area contributed by atoms with Gasteiger partial charge in [-0.1, -0.05) is 0 Å². The summed E-state index contributed by atoms with van der Waals surface area (Å²) in [6, 6.07) is 5.22. The zero-order valence-corrected chi connectivity index (χ0v) is 21.6. The van der Waals surface area contributed by atoms with Gasteiger partial charge in [-0.05, 0) is 62.7 Å². The number of carbonyl (C=O) groups is 5. The largest absolute Gasteiger partial charge is 0.507 e. The molecule has 1 heterocycles. The second kappa shape index (κ2) is 9.49. The maximum atomic E-state index is 13.9. The molecule has 12 heteroatoms. The number of rotatable bonds is 6. The number of nitrogens with one attached hydrogen (secondary N) is 1. The van der Waals surface area contributed by atoms with Crippen LogP contribution in [0.5, 0.6) is 5.75 Å². The number of hydrogen-bond donors (Lipinski definition) is 4. The van der Waals surface area contributed by atoms with Gasteiger partial charge in [-0.15, -0.1) is 0 Å². The predicted molar refractivity (Wildman–Crippen MR) is 133 cm³/mol. The summed E-state index contributed by atoms with van der Waals surface area (Å²) >= 11 is 0. The van der Waals surface area contributed by atoms with E-state index in [1.807, 2.05) is 0 Å². The lowest BCUT2D eigenvalue weighted by Crippen LogP contribution is -2.74. The molecule has 5 N–H and O–H groups in total. The normalized spacial score (nSPS) is 30.2. The number of ketones is 4. The highest BCUT2D eigenvalue weighted by Crippen LogP contribution is 2.51. The van der Waals surface area contributed by atoms with E-state index in [0.717, 1.165) is 0 Å². The van der Waals surface area contributed by atoms with Gasteiger partial charge < -0.3 is 25.2 Å². The van der Waals surface area contributed by atoms with E-state index in [-0.39, 0.29) is 30.7 Å². The number of benzene rings is 1. The number of likely N-dealkylation sites (N-methyl/N-ethyl adjacent to an activating group) is 1. The molecule has 0 bridgehead atoms. The number of primary amides is 1. The zero-order chi connectivity index (χ0) is 28.4. The summed E-state index contributed by atoms with van der Waals surface area (Å²) in [4.78, 5) is 72.6. The van der Waals surface area contributed by atoms with Crippen molar-refractivity contribution in [2.24, 2.45) is 29.4 Å². The fourth-order valence-electron chi connectivity index (χ4n) is 6.60. The van der Waals surface area contributed by atoms with Gasteiger partial charge in [0.15, 0.2) is 34.7 Å². The van der Waals surface area contributed by atoms with Crippen LogP contribution in [0.25, 0.3) is 11.3 Å². The Labute approximate surface area is 223 Å². The van der Waals surface area contributed by atoms with Crippen molar-refractivity contribution in [2.45, 2.75) is 31.0 Å². The summed E-state index contributed by atoms with van der Waals surface area (Å²) in [6.07, 6.45) is 0.113. The molecule has 2 fully saturated rings. The van der Waals surface area contributed by atoms with Gasteiger partial charge in [0.2, 0.25) is 5.91 Å². The number of phenols is 1. The Hall–Kier alpha value is -3.71. The van der Waals surface area contributed by atoms with Crippen LogP contribution in [0.4, 0.5) is 0 Å². The average molecular weight is 540 g/mol. The molecule has 206 valence electrons. The van der Waals surface area contributed by atoms with Crippen LogP contribution < -0.4 is 11.2 Å². The van der Waals surface area contributed by atoms with Crippen molar-refractivity contribution in [1.82, 2.24) is 10.4 Å². The van der Waals surface area contributed by atoms with Crippen LogP contribution in [0.3, 0.4) is 0 Å². The number of phenolic OH excluding ortho intramolecular Hbond substituents is 1. The number of aliphatic hydroxyl groups is 1. The molecule has 2 aromatic rings. The number of furan rings is 1. The number of Topliss-reactive ketones (excluding diaryl/α,β-unsaturated/α-hetero) is 4. The number of carbonyl (C=O) groups excluding carboxylic acids is 5. The highest BCUT2D eigenvalue weighted by molar-refractivity contribution is 6.32. The molecule has 0 radical (unpaired) electrons. The van der Waals surface area contributed by atoms with Gasteiger partial charge in [-0.2, -0.15) is 5.48 Å². The summed E-state index contributed by atoms with van der Waals surface area (Å²) in [5, 5.41) is 22.3. The standard InChI is InChI=1S/C27H29N3O9/c1-30(2)21-15-9-11-8-14-13(17-7-4-12(39-17)10-29-38-3)5-6-16(31)19(14)22(32)18(11)24(34)27(15,37)25(35)20(23(21)33)26(28)36/h4-7,11,15,18,20-21,29,31,37H,8-10H2,1-3H3,(H2,28,36)/t11-,15-,18?,20?,21-,27-/m0/s1. The topological polar surface area (TPSA) is 189 Å². The van der Waals surface area contributed by atoms with Crippen molar-refractivity contribution in [3.63, 3.8) is 0 Å². The van der Waals surface area contributed by atoms with Crippen LogP contribution in [0.15, 0.2) is 28.7 Å². The van der Waals surface area contributed by atoms with E-state index in [0.29, 0.717) is 22.6 Å². The number of amides is 1. The molecular formula is C27H29N3O9. The molecule has 6 atom stereocenters. The molecule has 1 aromatic heterocycles. The lowest BCUT2D eigenvalue weighted by molar-refractivity contribution is -0.181. The van der Waals surface area contributed by atoms with Crippen LogP contribution >= 0.6 is 0 Å². The molecule has 0 spiro atoms. The van der Waals surface area contributed by atoms with Gasteiger partial charge >= 0.3 is 0 Å². The van der Waals surface area contributed by atoms with Crippen molar-refractivity contribution >= 4 is 29.0 Å². The van der Waals surface area contributed by atoms with Crippen LogP contribution in [0.2, 0.25) is 0 Å². The molecule has 2 unspecified atom stereocenters. The molecule has 3 aliphatic rings. The monoisotopic (exact) mass is 539 g/mol. The minimum atomic E-state index is -2.76. The molecule has 0 aliphatic heterocycles. The van der Waals surface area contributed by atoms with Gasteiger partial charge in [0.1, 0.15) is 17.3 Å². The lowest BCUT2D eigenvalue weighted by atomic mass is 9.52. The Balaban J connectivity index is 1.61. The van der Waals surface area contributed by atoms with E-state index in [2.05, 4.69) is 5.48 Å². The molecule has 2 saturated carbocycles. The van der Waals surface area contributed by atoms with E-state index in [1.165, 1.54) is 32.2 Å². The Morgan fingerprint density at radius 1 is 1.18 bits per heavy atom. The van der Waals surface area contributed by atoms with Gasteiger partial charge in [0, 0.05) is 11.5 Å². The first-order valence-electron chi connectivity index (χ1n) is 12.5. The van der Waals surface area contributed by atoms with Crippen molar-refractivity contribution in [1.29, 1.82) is 0 Å². The average Bonchev–Trinajstić information content (AvgIpc) is 3.33. The van der Waals surface area contributed by atoms with Crippen molar-refractivity contribution in [3.8, 4) is 17.1 Å². The van der Waals surface area contributed by atoms with Crippen LogP contribution in [0.1, 0.15) is 28.1 Å². The SMILES string of the molecule is CONCc1ccc(-c2ccc(O)c3c2C[C@H]2C[C@H]4[C@H](N(C)C)C(=O)C(C(N)=O)C(=O)[C@@]4(O)C(=O)C2C3=O)o1. The number of hydrogen-bond acceptors (Lipinski definition) is 11. The lowest BCUT2D eigenvalue weighted by Gasteiger charge is -2.52. The highest BCUT2D eigenvalue weighted by atomic mass is 16.6. The summed E-state index contributed by atoms with van der Waals surface area (Å²) in [5.41, 5.74) is 6.17. The van der Waals surface area contributed by atoms with Gasteiger partial charge in [0.05, 0.1) is 31.2 Å². The first kappa shape index (κ1) is 26.9. The fraction of sp³-hybridized carbons (Fsp3) is 0.444. The maximum Gasteiger partial charge on any atom is 0.235 e. The third-order valence-electron chi connectivity index (χ3n) is 8.26. The number of aromatic hydroxyl groups is 1. The van der Waals surface area contributed by atoms with E-state index in [4.69, 9.17) is 15.0 Å².